The molecule has 0 unspecified atom stereocenters. The lowest BCUT2D eigenvalue weighted by molar-refractivity contribution is -0.118. The first-order chi connectivity index (χ1) is 15.6. The van der Waals surface area contributed by atoms with Crippen LogP contribution in [0.25, 0.3) is 10.2 Å². The van der Waals surface area contributed by atoms with E-state index in [2.05, 4.69) is 24.0 Å². The van der Waals surface area contributed by atoms with Crippen LogP contribution < -0.4 is 9.64 Å². The van der Waals surface area contributed by atoms with Gasteiger partial charge in [-0.15, -0.1) is 11.8 Å². The zero-order valence-corrected chi connectivity index (χ0v) is 19.8. The van der Waals surface area contributed by atoms with E-state index in [0.717, 1.165) is 44.4 Å². The van der Waals surface area contributed by atoms with Crippen molar-refractivity contribution in [3.05, 3.63) is 78.1 Å². The first-order valence-corrected chi connectivity index (χ1v) is 12.3. The van der Waals surface area contributed by atoms with Gasteiger partial charge in [-0.3, -0.25) is 14.7 Å². The summed E-state index contributed by atoms with van der Waals surface area (Å²) in [5.74, 6) is 1.81. The molecule has 0 radical (unpaired) electrons. The zero-order valence-electron chi connectivity index (χ0n) is 18.2. The maximum Gasteiger partial charge on any atom is 0.229 e. The highest BCUT2D eigenvalue weighted by Gasteiger charge is 2.20. The van der Waals surface area contributed by atoms with Crippen molar-refractivity contribution in [1.29, 1.82) is 0 Å². The Morgan fingerprint density at radius 3 is 2.69 bits per heavy atom. The van der Waals surface area contributed by atoms with Crippen molar-refractivity contribution in [2.75, 3.05) is 17.8 Å². The quantitative estimate of drug-likeness (QED) is 0.221. The summed E-state index contributed by atoms with van der Waals surface area (Å²) in [7, 11) is 1.66. The molecule has 2 aromatic heterocycles. The Kier molecular flexibility index (Phi) is 7.39. The summed E-state index contributed by atoms with van der Waals surface area (Å²) in [4.78, 5) is 25.2. The summed E-state index contributed by atoms with van der Waals surface area (Å²) in [6, 6.07) is 18.0. The molecule has 164 valence electrons. The molecular formula is C25H25N3O2S2. The second-order valence-corrected chi connectivity index (χ2v) is 9.56. The molecule has 0 N–H and O–H groups in total. The van der Waals surface area contributed by atoms with Gasteiger partial charge in [0, 0.05) is 23.7 Å². The van der Waals surface area contributed by atoms with Crippen molar-refractivity contribution in [3.63, 3.8) is 0 Å². The van der Waals surface area contributed by atoms with E-state index in [1.165, 1.54) is 4.90 Å². The number of ether oxygens (including phenoxy) is 1. The van der Waals surface area contributed by atoms with E-state index in [4.69, 9.17) is 9.72 Å². The van der Waals surface area contributed by atoms with Crippen LogP contribution in [0.1, 0.15) is 24.0 Å². The molecule has 1 amide bonds. The number of methoxy groups -OCH3 is 1. The fraction of sp³-hybridized carbons (Fsp3) is 0.240. The van der Waals surface area contributed by atoms with E-state index in [9.17, 15) is 4.79 Å². The average molecular weight is 464 g/mol. The average Bonchev–Trinajstić information content (AvgIpc) is 3.26. The van der Waals surface area contributed by atoms with Gasteiger partial charge in [-0.1, -0.05) is 29.5 Å². The third-order valence-corrected chi connectivity index (χ3v) is 7.21. The predicted molar refractivity (Wildman–Crippen MR) is 133 cm³/mol. The van der Waals surface area contributed by atoms with Crippen molar-refractivity contribution in [2.24, 2.45) is 0 Å². The maximum absolute atomic E-state index is 13.3. The summed E-state index contributed by atoms with van der Waals surface area (Å²) < 4.78 is 6.30. The Bertz CT molecular complexity index is 1180. The number of thiazole rings is 1. The Balaban J connectivity index is 1.44. The van der Waals surface area contributed by atoms with Crippen LogP contribution in [-0.4, -0.2) is 28.7 Å². The van der Waals surface area contributed by atoms with Gasteiger partial charge in [0.1, 0.15) is 5.75 Å². The summed E-state index contributed by atoms with van der Waals surface area (Å²) in [6.45, 7) is 2.52. The molecule has 4 aromatic rings. The Morgan fingerprint density at radius 2 is 1.97 bits per heavy atom. The number of nitrogens with zero attached hydrogens (tertiary/aromatic N) is 3. The van der Waals surface area contributed by atoms with Gasteiger partial charge in [0.15, 0.2) is 5.13 Å². The van der Waals surface area contributed by atoms with Crippen molar-refractivity contribution in [2.45, 2.75) is 31.2 Å². The van der Waals surface area contributed by atoms with E-state index in [0.29, 0.717) is 13.0 Å². The van der Waals surface area contributed by atoms with Gasteiger partial charge in [0.05, 0.1) is 23.9 Å². The van der Waals surface area contributed by atoms with Crippen LogP contribution in [0.2, 0.25) is 0 Å². The minimum absolute atomic E-state index is 0.0842. The van der Waals surface area contributed by atoms with Gasteiger partial charge in [-0.25, -0.2) is 4.98 Å². The third kappa shape index (κ3) is 5.47. The predicted octanol–water partition coefficient (Wildman–Crippen LogP) is 6.11. The lowest BCUT2D eigenvalue weighted by Gasteiger charge is -2.20. The molecule has 0 fully saturated rings. The fourth-order valence-electron chi connectivity index (χ4n) is 3.35. The van der Waals surface area contributed by atoms with E-state index in [1.807, 2.05) is 42.5 Å². The van der Waals surface area contributed by atoms with Gasteiger partial charge in [0.2, 0.25) is 5.91 Å². The molecule has 0 spiro atoms. The summed E-state index contributed by atoms with van der Waals surface area (Å²) in [5, 5.41) is 0.742. The molecule has 0 bridgehead atoms. The van der Waals surface area contributed by atoms with Crippen LogP contribution in [0, 0.1) is 6.92 Å². The lowest BCUT2D eigenvalue weighted by Crippen LogP contribution is -2.30. The van der Waals surface area contributed by atoms with Gasteiger partial charge >= 0.3 is 0 Å². The van der Waals surface area contributed by atoms with Crippen LogP contribution in [0.3, 0.4) is 0 Å². The second-order valence-electron chi connectivity index (χ2n) is 7.39. The Morgan fingerprint density at radius 1 is 1.12 bits per heavy atom. The second kappa shape index (κ2) is 10.6. The largest absolute Gasteiger partial charge is 0.497 e. The van der Waals surface area contributed by atoms with Crippen molar-refractivity contribution < 1.29 is 9.53 Å². The number of aryl methyl sites for hydroxylation is 1. The molecule has 0 aliphatic heterocycles. The van der Waals surface area contributed by atoms with E-state index in [1.54, 1.807) is 47.5 Å². The molecule has 0 saturated heterocycles. The van der Waals surface area contributed by atoms with Crippen LogP contribution in [0.5, 0.6) is 5.75 Å². The van der Waals surface area contributed by atoms with E-state index < -0.39 is 0 Å². The van der Waals surface area contributed by atoms with Crippen LogP contribution in [0.15, 0.2) is 71.9 Å². The van der Waals surface area contributed by atoms with Crippen molar-refractivity contribution in [3.8, 4) is 5.75 Å². The lowest BCUT2D eigenvalue weighted by atomic mass is 10.2. The fourth-order valence-corrected chi connectivity index (χ4v) is 5.26. The number of amides is 1. The molecule has 4 rings (SSSR count). The number of carbonyl (C=O) groups is 1. The van der Waals surface area contributed by atoms with Crippen LogP contribution in [0.4, 0.5) is 5.13 Å². The number of para-hydroxylation sites is 1. The van der Waals surface area contributed by atoms with Gasteiger partial charge < -0.3 is 4.74 Å². The highest BCUT2D eigenvalue weighted by atomic mass is 32.2. The van der Waals surface area contributed by atoms with Gasteiger partial charge in [0.25, 0.3) is 0 Å². The molecule has 7 heteroatoms. The highest BCUT2D eigenvalue weighted by molar-refractivity contribution is 7.99. The number of pyridine rings is 1. The van der Waals surface area contributed by atoms with E-state index >= 15 is 0 Å². The number of anilines is 1. The normalized spacial score (nSPS) is 10.9. The first-order valence-electron chi connectivity index (χ1n) is 10.5. The number of hydrogen-bond acceptors (Lipinski definition) is 6. The minimum Gasteiger partial charge on any atom is -0.497 e. The van der Waals surface area contributed by atoms with Crippen LogP contribution in [-0.2, 0) is 11.3 Å². The molecule has 2 heterocycles. The van der Waals surface area contributed by atoms with Crippen LogP contribution >= 0.6 is 23.1 Å². The monoisotopic (exact) mass is 463 g/mol. The number of hydrogen-bond donors (Lipinski definition) is 0. The first kappa shape index (κ1) is 22.3. The summed E-state index contributed by atoms with van der Waals surface area (Å²) in [5.41, 5.74) is 3.07. The SMILES string of the molecule is COc1ccc(SCCCC(=O)N(Cc2cccnc2)c2nc3c(C)cccc3s2)cc1. The number of carbonyl (C=O) groups excluding carboxylic acids is 1. The number of aromatic nitrogens is 2. The van der Waals surface area contributed by atoms with Gasteiger partial charge in [-0.05, 0) is 66.6 Å². The van der Waals surface area contributed by atoms with E-state index in [-0.39, 0.29) is 5.91 Å². The zero-order chi connectivity index (χ0) is 22.3. The molecule has 2 aromatic carbocycles. The minimum atomic E-state index is 0.0842. The Hall–Kier alpha value is -2.90. The van der Waals surface area contributed by atoms with Crippen molar-refractivity contribution >= 4 is 44.4 Å². The molecule has 0 atom stereocenters. The van der Waals surface area contributed by atoms with Crippen molar-refractivity contribution in [1.82, 2.24) is 9.97 Å². The highest BCUT2D eigenvalue weighted by Crippen LogP contribution is 2.32. The third-order valence-electron chi connectivity index (χ3n) is 5.07. The molecule has 5 nitrogen and oxygen atoms in total. The number of thioether (sulfide) groups is 1. The molecule has 0 aliphatic rings. The topological polar surface area (TPSA) is 55.3 Å². The Labute approximate surface area is 196 Å². The summed E-state index contributed by atoms with van der Waals surface area (Å²) >= 11 is 3.31. The molecule has 0 saturated carbocycles. The molecule has 32 heavy (non-hydrogen) atoms. The maximum atomic E-state index is 13.3. The number of rotatable bonds is 9. The smallest absolute Gasteiger partial charge is 0.229 e. The molecular weight excluding hydrogens is 438 g/mol. The number of benzene rings is 2. The molecule has 0 aliphatic carbocycles. The standard InChI is InChI=1S/C25H25N3O2S2/c1-18-6-3-8-22-24(18)27-25(32-22)28(17-19-7-4-14-26-16-19)23(29)9-5-15-31-21-12-10-20(30-2)11-13-21/h3-4,6-8,10-14,16H,5,9,15,17H2,1-2H3. The number of fused-ring (bicyclic) bond motifs is 1. The van der Waals surface area contributed by atoms with Gasteiger partial charge in [-0.2, -0.15) is 0 Å². The summed E-state index contributed by atoms with van der Waals surface area (Å²) in [6.07, 6.45) is 4.81.